The van der Waals surface area contributed by atoms with Gasteiger partial charge in [-0.15, -0.1) is 0 Å². The Morgan fingerprint density at radius 3 is 1.64 bits per heavy atom. The number of aliphatic carboxylic acids is 1. The van der Waals surface area contributed by atoms with Crippen LogP contribution >= 0.6 is 0 Å². The van der Waals surface area contributed by atoms with Crippen LogP contribution in [0.2, 0.25) is 0 Å². The second-order valence-electron chi connectivity index (χ2n) is 18.4. The Balaban J connectivity index is 1.22. The molecule has 29 heteroatoms. The van der Waals surface area contributed by atoms with Gasteiger partial charge in [-0.05, 0) is 35.9 Å². The summed E-state index contributed by atoms with van der Waals surface area (Å²) in [6, 6.07) is 4.95. The number of phenols is 12. The number of benzene rings is 5. The highest BCUT2D eigenvalue weighted by Crippen LogP contribution is 2.67. The predicted molar refractivity (Wildman–Crippen MR) is 241 cm³/mol. The van der Waals surface area contributed by atoms with Gasteiger partial charge in [0, 0.05) is 34.7 Å². The summed E-state index contributed by atoms with van der Waals surface area (Å²) >= 11 is 0. The number of hydrogen-bond acceptors (Lipinski definition) is 28. The number of aliphatic hydroxyl groups excluding tert-OH is 2. The van der Waals surface area contributed by atoms with E-state index < -0.39 is 233 Å². The van der Waals surface area contributed by atoms with Gasteiger partial charge in [0.25, 0.3) is 0 Å². The maximum absolute atomic E-state index is 15.1. The Labute approximate surface area is 429 Å². The van der Waals surface area contributed by atoms with E-state index >= 15 is 4.79 Å². The number of hydrogen-bond donors (Lipinski definition) is 16. The molecule has 2 unspecified atom stereocenters. The number of cyclic esters (lactones) is 3. The van der Waals surface area contributed by atoms with Gasteiger partial charge in [0.05, 0.1) is 39.8 Å². The number of rotatable bonds is 3. The van der Waals surface area contributed by atoms with E-state index in [1.807, 2.05) is 0 Å². The molecule has 16 N–H and O–H groups in total. The van der Waals surface area contributed by atoms with Crippen molar-refractivity contribution < 1.29 is 144 Å². The van der Waals surface area contributed by atoms with Crippen molar-refractivity contribution in [2.24, 2.45) is 0 Å². The zero-order valence-corrected chi connectivity index (χ0v) is 38.5. The van der Waals surface area contributed by atoms with Crippen molar-refractivity contribution in [3.05, 3.63) is 87.0 Å². The van der Waals surface area contributed by atoms with Gasteiger partial charge in [0.15, 0.2) is 64.3 Å². The van der Waals surface area contributed by atoms with E-state index in [4.69, 9.17) is 33.2 Å². The third-order valence-corrected chi connectivity index (χ3v) is 14.2. The average molecular weight is 1090 g/mol. The molecule has 78 heavy (non-hydrogen) atoms. The molecule has 7 aliphatic rings. The fourth-order valence-corrected chi connectivity index (χ4v) is 10.7. The quantitative estimate of drug-likeness (QED) is 0.0646. The third-order valence-electron chi connectivity index (χ3n) is 14.2. The summed E-state index contributed by atoms with van der Waals surface area (Å²) in [5.41, 5.74) is -14.8. The van der Waals surface area contributed by atoms with Gasteiger partial charge in [-0.3, -0.25) is 0 Å². The van der Waals surface area contributed by atoms with E-state index in [0.29, 0.717) is 18.2 Å². The maximum Gasteiger partial charge on any atom is 0.382 e. The van der Waals surface area contributed by atoms with Crippen molar-refractivity contribution in [2.75, 3.05) is 6.61 Å². The number of aromatic hydroxyl groups is 12. The zero-order valence-electron chi connectivity index (χ0n) is 38.5. The number of carbonyl (C=O) groups excluding carboxylic acids is 5. The topological polar surface area (TPSA) is 491 Å². The van der Waals surface area contributed by atoms with Crippen LogP contribution in [0.15, 0.2) is 48.0 Å². The van der Waals surface area contributed by atoms with Crippen molar-refractivity contribution in [1.29, 1.82) is 0 Å². The van der Waals surface area contributed by atoms with Gasteiger partial charge < -0.3 is 115 Å². The first kappa shape index (κ1) is 49.9. The van der Waals surface area contributed by atoms with Crippen LogP contribution in [0, 0.1) is 0 Å². The number of fused-ring (bicyclic) bond motifs is 9. The number of esters is 5. The molecule has 1 spiro atoms. The molecule has 12 rings (SSSR count). The summed E-state index contributed by atoms with van der Waals surface area (Å²) in [6.45, 7) is -1.49. The molecule has 5 aromatic rings. The second-order valence-corrected chi connectivity index (χ2v) is 18.4. The van der Waals surface area contributed by atoms with Crippen molar-refractivity contribution in [2.45, 2.75) is 60.4 Å². The van der Waals surface area contributed by atoms with E-state index in [9.17, 15) is 106 Å². The predicted octanol–water partition coefficient (Wildman–Crippen LogP) is 0.0778. The normalized spacial score (nSPS) is 26.8. The Kier molecular flexibility index (Phi) is 10.6. The molecule has 404 valence electrons. The summed E-state index contributed by atoms with van der Waals surface area (Å²) < 4.78 is 40.7. The van der Waals surface area contributed by atoms with Crippen molar-refractivity contribution in [1.82, 2.24) is 0 Å². The van der Waals surface area contributed by atoms with Crippen molar-refractivity contribution in [3.63, 3.8) is 0 Å². The van der Waals surface area contributed by atoms with Gasteiger partial charge in [0.1, 0.15) is 41.6 Å². The summed E-state index contributed by atoms with van der Waals surface area (Å²) in [6.07, 6.45) is -15.1. The van der Waals surface area contributed by atoms with Crippen LogP contribution in [0.4, 0.5) is 0 Å². The highest BCUT2D eigenvalue weighted by atomic mass is 16.7. The van der Waals surface area contributed by atoms with Crippen LogP contribution in [-0.4, -0.2) is 166 Å². The maximum atomic E-state index is 15.1. The first-order valence-corrected chi connectivity index (χ1v) is 22.4. The van der Waals surface area contributed by atoms with Gasteiger partial charge >= 0.3 is 41.6 Å². The number of phenolic OH excluding ortho intramolecular Hbond substituents is 12. The largest absolute Gasteiger partial charge is 0.507 e. The van der Waals surface area contributed by atoms with Crippen LogP contribution in [0.25, 0.3) is 16.7 Å². The van der Waals surface area contributed by atoms with E-state index in [2.05, 4.69) is 0 Å². The number of carboxylic acids is 1. The molecule has 0 aliphatic carbocycles. The van der Waals surface area contributed by atoms with Crippen LogP contribution in [-0.2, 0) is 44.5 Å². The number of carbonyl (C=O) groups is 6. The van der Waals surface area contributed by atoms with E-state index in [1.165, 1.54) is 6.07 Å². The monoisotopic (exact) mass is 1090 g/mol. The third kappa shape index (κ3) is 6.57. The summed E-state index contributed by atoms with van der Waals surface area (Å²) in [4.78, 5) is 86.9. The molecule has 7 aliphatic heterocycles. The minimum atomic E-state index is -4.29. The molecule has 0 aromatic heterocycles. The fraction of sp³-hybridized carbons (Fsp3) is 0.224. The Hall–Kier alpha value is -10.3. The van der Waals surface area contributed by atoms with Gasteiger partial charge in [-0.25, -0.2) is 28.8 Å². The molecule has 0 radical (unpaired) electrons. The molecule has 4 bridgehead atoms. The number of carboxylic acid groups (broad SMARTS) is 1. The molecule has 0 amide bonds. The summed E-state index contributed by atoms with van der Waals surface area (Å²) in [5.74, 6) is -35.7. The van der Waals surface area contributed by atoms with Crippen LogP contribution in [0.3, 0.4) is 0 Å². The minimum Gasteiger partial charge on any atom is -0.507 e. The summed E-state index contributed by atoms with van der Waals surface area (Å²) in [5, 5.41) is 178. The summed E-state index contributed by atoms with van der Waals surface area (Å²) in [7, 11) is 0. The highest BCUT2D eigenvalue weighted by Gasteiger charge is 2.81. The smallest absolute Gasteiger partial charge is 0.382 e. The standard InChI is InChI=1S/C49H34O29/c50-15-2-1-10(3-17(15)52)37-21(56)4-11-16(51)8-23-27(38(11)73-37)29-40-41(39-22(57)9-72-42(64)12-5-18(53)31(58)34(61)24(12)25-13(43(65)74-39)6-19(54)32(59)35(25)62)76-44(66)14-7-20(55)33(60)36(63)26(14)28-30(46(68)75-40)48(29,77-23)49(71,47(69)70)78-45(28)67/h1-3,5-8,21-22,29,37,39-41,50-63,71H,4,9H2,(H,69,70)/t21-,22+,29+,37+,39+,40?,41?,48+,49-/m0/s1. The first-order chi connectivity index (χ1) is 36.7. The van der Waals surface area contributed by atoms with Crippen molar-refractivity contribution in [3.8, 4) is 91.6 Å². The van der Waals surface area contributed by atoms with E-state index in [-0.39, 0.29) is 11.1 Å². The lowest BCUT2D eigenvalue weighted by molar-refractivity contribution is -0.281. The van der Waals surface area contributed by atoms with E-state index in [0.717, 1.165) is 18.2 Å². The van der Waals surface area contributed by atoms with Gasteiger partial charge in [-0.1, -0.05) is 6.07 Å². The lowest BCUT2D eigenvalue weighted by Gasteiger charge is -2.52. The SMILES string of the molecule is O=C1O[C@@](O)(C(=O)O)[C@@]23Oc4cc(O)c5c(c4[C@@H]2C2OC(=O)C3=C1c1c(cc(O)c(O)c1O)C(=O)OC2[C@@H]1OC(=O)c2cc(O)c(O)c(O)c2-c2c(cc(O)c(O)c2O)C(=O)OC[C@H]1O)O[C@H](c1ccc(O)c(O)c1)[C@@H](O)C5. The van der Waals surface area contributed by atoms with Gasteiger partial charge in [0.2, 0.25) is 22.8 Å². The lowest BCUT2D eigenvalue weighted by atomic mass is 9.63. The fourth-order valence-electron chi connectivity index (χ4n) is 10.7. The molecule has 1 saturated heterocycles. The zero-order chi connectivity index (χ0) is 56.3. The minimum absolute atomic E-state index is 0.0952. The Morgan fingerprint density at radius 1 is 0.526 bits per heavy atom. The number of aliphatic hydroxyl groups is 3. The molecule has 0 saturated carbocycles. The molecular formula is C49H34O29. The first-order valence-electron chi connectivity index (χ1n) is 22.4. The Bertz CT molecular complexity index is 3670. The average Bonchev–Trinajstić information content (AvgIpc) is 3.54. The van der Waals surface area contributed by atoms with Crippen LogP contribution in [0.5, 0.6) is 80.5 Å². The molecule has 9 atom stereocenters. The molecule has 7 heterocycles. The van der Waals surface area contributed by atoms with Crippen molar-refractivity contribution >= 4 is 41.4 Å². The Morgan fingerprint density at radius 2 is 1.06 bits per heavy atom. The highest BCUT2D eigenvalue weighted by molar-refractivity contribution is 6.28. The molecule has 5 aromatic carbocycles. The number of ether oxygens (including phenoxy) is 7. The molecule has 29 nitrogen and oxygen atoms in total. The molecular weight excluding hydrogens is 1050 g/mol. The second kappa shape index (κ2) is 16.6. The molecule has 1 fully saturated rings. The van der Waals surface area contributed by atoms with E-state index in [1.54, 1.807) is 0 Å². The van der Waals surface area contributed by atoms with Gasteiger partial charge in [-0.2, -0.15) is 0 Å². The van der Waals surface area contributed by atoms with Crippen LogP contribution in [0.1, 0.15) is 65.3 Å². The lowest BCUT2D eigenvalue weighted by Crippen LogP contribution is -2.74. The van der Waals surface area contributed by atoms with Crippen LogP contribution < -0.4 is 9.47 Å².